The van der Waals surface area contributed by atoms with Crippen LogP contribution in [-0.4, -0.2) is 37.7 Å². The van der Waals surface area contributed by atoms with Crippen LogP contribution in [0, 0.1) is 5.82 Å². The summed E-state index contributed by atoms with van der Waals surface area (Å²) in [6.45, 7) is 1.61. The number of aryl methyl sites for hydroxylation is 1. The molecule has 0 radical (unpaired) electrons. The number of hydrogen-bond donors (Lipinski definition) is 1. The number of halogens is 1. The minimum absolute atomic E-state index is 0.111. The summed E-state index contributed by atoms with van der Waals surface area (Å²) < 4.78 is 22.8. The van der Waals surface area contributed by atoms with Crippen molar-refractivity contribution in [2.75, 3.05) is 6.61 Å². The number of ketones is 1. The topological polar surface area (TPSA) is 81.9 Å². The molecule has 5 aromatic rings. The summed E-state index contributed by atoms with van der Waals surface area (Å²) in [7, 11) is 0. The molecule has 7 nitrogen and oxygen atoms in total. The highest BCUT2D eigenvalue weighted by Gasteiger charge is 2.24. The number of nitrogens with one attached hydrogen (secondary N) is 1. The zero-order chi connectivity index (χ0) is 23.7. The summed E-state index contributed by atoms with van der Waals surface area (Å²) >= 11 is 0. The molecule has 5 rings (SSSR count). The third kappa shape index (κ3) is 3.69. The molecule has 1 N–H and O–H groups in total. The number of aromatic amines is 1. The number of fused-ring (bicyclic) bond motifs is 1. The van der Waals surface area contributed by atoms with Crippen LogP contribution in [0.1, 0.15) is 33.2 Å². The van der Waals surface area contributed by atoms with Crippen LogP contribution in [-0.2, 0) is 11.2 Å². The molecule has 0 bridgehead atoms. The Hall–Kier alpha value is -4.46. The first-order chi connectivity index (χ1) is 16.6. The number of para-hydroxylation sites is 2. The number of rotatable bonds is 7. The molecule has 0 aliphatic rings. The molecule has 0 unspecified atom stereocenters. The Labute approximate surface area is 194 Å². The van der Waals surface area contributed by atoms with Crippen molar-refractivity contribution < 1.29 is 18.7 Å². The van der Waals surface area contributed by atoms with Crippen molar-refractivity contribution >= 4 is 22.7 Å². The monoisotopic (exact) mass is 456 g/mol. The minimum atomic E-state index is -0.728. The van der Waals surface area contributed by atoms with Crippen molar-refractivity contribution in [3.05, 3.63) is 102 Å². The molecule has 34 heavy (non-hydrogen) atoms. The Morgan fingerprint density at radius 1 is 1.03 bits per heavy atom. The van der Waals surface area contributed by atoms with Gasteiger partial charge in [0.05, 0.1) is 6.20 Å². The van der Waals surface area contributed by atoms with E-state index in [4.69, 9.17) is 4.74 Å². The average Bonchev–Trinajstić information content (AvgIpc) is 3.61. The fraction of sp³-hybridized carbons (Fsp3) is 0.115. The van der Waals surface area contributed by atoms with Gasteiger partial charge in [0.25, 0.3) is 0 Å². The lowest BCUT2D eigenvalue weighted by Gasteiger charge is -2.11. The Morgan fingerprint density at radius 2 is 1.82 bits per heavy atom. The number of Topliss-reactive ketones (excluding diaryl/α,β-unsaturated/α-hetero) is 1. The smallest absolute Gasteiger partial charge is 0.344 e. The molecule has 0 saturated heterocycles. The maximum absolute atomic E-state index is 14.5. The number of aromatic nitrogens is 4. The number of ether oxygens (including phenoxy) is 1. The van der Waals surface area contributed by atoms with E-state index in [0.29, 0.717) is 11.4 Å². The van der Waals surface area contributed by atoms with E-state index in [-0.39, 0.29) is 17.0 Å². The summed E-state index contributed by atoms with van der Waals surface area (Å²) in [5.41, 5.74) is 2.77. The molecule has 3 aromatic heterocycles. The predicted molar refractivity (Wildman–Crippen MR) is 125 cm³/mol. The molecule has 0 aliphatic heterocycles. The zero-order valence-electron chi connectivity index (χ0n) is 18.4. The maximum Gasteiger partial charge on any atom is 0.344 e. The van der Waals surface area contributed by atoms with Crippen molar-refractivity contribution in [3.8, 4) is 11.5 Å². The largest absolute Gasteiger partial charge is 0.454 e. The van der Waals surface area contributed by atoms with Gasteiger partial charge in [-0.3, -0.25) is 4.79 Å². The van der Waals surface area contributed by atoms with Crippen molar-refractivity contribution in [1.29, 1.82) is 0 Å². The Kier molecular flexibility index (Phi) is 5.55. The highest BCUT2D eigenvalue weighted by atomic mass is 19.1. The maximum atomic E-state index is 14.5. The van der Waals surface area contributed by atoms with Crippen LogP contribution in [0.3, 0.4) is 0 Å². The van der Waals surface area contributed by atoms with E-state index in [0.717, 1.165) is 22.9 Å². The van der Waals surface area contributed by atoms with E-state index < -0.39 is 18.4 Å². The van der Waals surface area contributed by atoms with E-state index in [9.17, 15) is 14.0 Å². The predicted octanol–water partition coefficient (Wildman–Crippen LogP) is 4.89. The van der Waals surface area contributed by atoms with E-state index in [1.54, 1.807) is 53.5 Å². The highest BCUT2D eigenvalue weighted by Crippen LogP contribution is 2.24. The van der Waals surface area contributed by atoms with Gasteiger partial charge < -0.3 is 14.3 Å². The molecule has 8 heteroatoms. The van der Waals surface area contributed by atoms with Crippen LogP contribution in [0.25, 0.3) is 22.4 Å². The normalized spacial score (nSPS) is 11.1. The van der Waals surface area contributed by atoms with Crippen LogP contribution in [0.2, 0.25) is 0 Å². The first kappa shape index (κ1) is 21.4. The second kappa shape index (κ2) is 8.82. The van der Waals surface area contributed by atoms with Crippen LogP contribution < -0.4 is 0 Å². The number of esters is 1. The second-order valence-corrected chi connectivity index (χ2v) is 7.73. The summed E-state index contributed by atoms with van der Waals surface area (Å²) in [6, 6.07) is 15.5. The average molecular weight is 456 g/mol. The van der Waals surface area contributed by atoms with Crippen molar-refractivity contribution in [2.45, 2.75) is 13.3 Å². The lowest BCUT2D eigenvalue weighted by atomic mass is 10.1. The first-order valence-electron chi connectivity index (χ1n) is 10.8. The summed E-state index contributed by atoms with van der Waals surface area (Å²) in [6.07, 6.45) is 7.21. The van der Waals surface area contributed by atoms with Crippen molar-refractivity contribution in [1.82, 2.24) is 19.3 Å². The number of carbonyl (C=O) groups is 2. The number of nitrogens with zero attached hydrogens (tertiary/aromatic N) is 3. The van der Waals surface area contributed by atoms with Crippen LogP contribution in [0.4, 0.5) is 4.39 Å². The first-order valence-corrected chi connectivity index (χ1v) is 10.8. The molecule has 0 aliphatic carbocycles. The molecule has 2 aromatic carbocycles. The van der Waals surface area contributed by atoms with E-state index in [2.05, 4.69) is 10.1 Å². The number of hydrogen-bond acceptors (Lipinski definition) is 4. The molecular formula is C26H21FN4O3. The molecule has 0 atom stereocenters. The number of benzene rings is 2. The van der Waals surface area contributed by atoms with Gasteiger partial charge in [-0.2, -0.15) is 5.10 Å². The fourth-order valence-electron chi connectivity index (χ4n) is 4.04. The van der Waals surface area contributed by atoms with Crippen molar-refractivity contribution in [2.24, 2.45) is 0 Å². The Balaban J connectivity index is 1.43. The molecule has 0 fully saturated rings. The summed E-state index contributed by atoms with van der Waals surface area (Å²) in [5.74, 6) is -1.22. The second-order valence-electron chi connectivity index (χ2n) is 7.73. The van der Waals surface area contributed by atoms with E-state index >= 15 is 0 Å². The van der Waals surface area contributed by atoms with Crippen LogP contribution in [0.5, 0.6) is 0 Å². The van der Waals surface area contributed by atoms with Gasteiger partial charge in [0, 0.05) is 35.1 Å². The van der Waals surface area contributed by atoms with Gasteiger partial charge in [-0.25, -0.2) is 13.9 Å². The van der Waals surface area contributed by atoms with Crippen LogP contribution >= 0.6 is 0 Å². The van der Waals surface area contributed by atoms with Gasteiger partial charge in [0.15, 0.2) is 12.4 Å². The lowest BCUT2D eigenvalue weighted by Crippen LogP contribution is -2.16. The standard InChI is InChI=1S/C26H21FN4O3/c1-2-17-8-7-9-18-19(14-28-24(17)18)23(32)16-34-26(33)20-15-29-31(22-11-4-3-10-21(22)27)25(20)30-12-5-6-13-30/h3-15,28H,2,16H2,1H3. The van der Waals surface area contributed by atoms with Gasteiger partial charge in [-0.1, -0.05) is 37.3 Å². The summed E-state index contributed by atoms with van der Waals surface area (Å²) in [5, 5.41) is 5.02. The van der Waals surface area contributed by atoms with Crippen molar-refractivity contribution in [3.63, 3.8) is 0 Å². The number of H-pyrrole nitrogens is 1. The molecule has 0 amide bonds. The SMILES string of the molecule is CCc1cccc2c(C(=O)COC(=O)c3cnn(-c4ccccc4F)c3-n3cccc3)c[nH]c12. The molecule has 3 heterocycles. The molecular weight excluding hydrogens is 435 g/mol. The lowest BCUT2D eigenvalue weighted by molar-refractivity contribution is 0.0475. The molecule has 0 saturated carbocycles. The fourth-order valence-corrected chi connectivity index (χ4v) is 4.04. The minimum Gasteiger partial charge on any atom is -0.454 e. The van der Waals surface area contributed by atoms with E-state index in [1.165, 1.54) is 16.9 Å². The quantitative estimate of drug-likeness (QED) is 0.279. The molecule has 170 valence electrons. The Morgan fingerprint density at radius 3 is 2.59 bits per heavy atom. The van der Waals surface area contributed by atoms with Gasteiger partial charge in [-0.15, -0.1) is 0 Å². The third-order valence-electron chi connectivity index (χ3n) is 5.71. The van der Waals surface area contributed by atoms with Gasteiger partial charge >= 0.3 is 5.97 Å². The zero-order valence-corrected chi connectivity index (χ0v) is 18.4. The number of carbonyl (C=O) groups excluding carboxylic acids is 2. The Bertz CT molecular complexity index is 1500. The third-order valence-corrected chi connectivity index (χ3v) is 5.71. The van der Waals surface area contributed by atoms with Crippen LogP contribution in [0.15, 0.2) is 79.4 Å². The van der Waals surface area contributed by atoms with Gasteiger partial charge in [0.1, 0.15) is 17.1 Å². The van der Waals surface area contributed by atoms with E-state index in [1.807, 2.05) is 25.1 Å². The van der Waals surface area contributed by atoms with Gasteiger partial charge in [-0.05, 0) is 36.2 Å². The van der Waals surface area contributed by atoms with Gasteiger partial charge in [0.2, 0.25) is 5.78 Å². The highest BCUT2D eigenvalue weighted by molar-refractivity contribution is 6.09. The summed E-state index contributed by atoms with van der Waals surface area (Å²) in [4.78, 5) is 29.0. The molecule has 0 spiro atoms.